The van der Waals surface area contributed by atoms with Crippen LogP contribution in [0.4, 0.5) is 21.8 Å². The maximum absolute atomic E-state index is 13.7. The van der Waals surface area contributed by atoms with Crippen molar-refractivity contribution in [2.75, 3.05) is 42.7 Å². The quantitative estimate of drug-likeness (QED) is 0.489. The maximum Gasteiger partial charge on any atom is 0.215 e. The number of hydrogen-bond donors (Lipinski definition) is 2. The summed E-state index contributed by atoms with van der Waals surface area (Å²) in [5, 5.41) is 0.615. The van der Waals surface area contributed by atoms with Crippen LogP contribution in [-0.2, 0) is 4.74 Å². The first-order valence-corrected chi connectivity index (χ1v) is 10.1. The number of benzene rings is 1. The van der Waals surface area contributed by atoms with Crippen LogP contribution in [0.2, 0.25) is 5.02 Å². The molecule has 1 saturated heterocycles. The van der Waals surface area contributed by atoms with E-state index in [1.807, 2.05) is 12.1 Å². The van der Waals surface area contributed by atoms with E-state index < -0.39 is 5.82 Å². The van der Waals surface area contributed by atoms with Gasteiger partial charge in [-0.25, -0.2) is 9.37 Å². The Labute approximate surface area is 182 Å². The molecule has 9 heteroatoms. The van der Waals surface area contributed by atoms with E-state index in [-0.39, 0.29) is 10.9 Å². The zero-order valence-electron chi connectivity index (χ0n) is 16.4. The molecule has 1 fully saturated rings. The number of nitrogens with two attached hydrogens (primary N) is 2. The molecule has 4 heterocycles. The van der Waals surface area contributed by atoms with Gasteiger partial charge in [-0.2, -0.15) is 0 Å². The van der Waals surface area contributed by atoms with Crippen molar-refractivity contribution in [3.05, 3.63) is 53.6 Å². The van der Waals surface area contributed by atoms with E-state index in [0.29, 0.717) is 46.7 Å². The highest BCUT2D eigenvalue weighted by Gasteiger charge is 2.21. The summed E-state index contributed by atoms with van der Waals surface area (Å²) >= 11 is 5.98. The third kappa shape index (κ3) is 3.43. The molecule has 0 radical (unpaired) electrons. The lowest BCUT2D eigenvalue weighted by atomic mass is 10.0. The van der Waals surface area contributed by atoms with Gasteiger partial charge in [0.05, 0.1) is 23.6 Å². The fourth-order valence-corrected chi connectivity index (χ4v) is 3.95. The summed E-state index contributed by atoms with van der Waals surface area (Å²) in [5.41, 5.74) is 15.7. The van der Waals surface area contributed by atoms with Gasteiger partial charge in [0.2, 0.25) is 5.88 Å². The Morgan fingerprint density at radius 2 is 1.84 bits per heavy atom. The van der Waals surface area contributed by atoms with E-state index in [2.05, 4.69) is 14.9 Å². The van der Waals surface area contributed by atoms with Crippen LogP contribution >= 0.6 is 11.6 Å². The molecule has 158 valence electrons. The van der Waals surface area contributed by atoms with Crippen molar-refractivity contribution >= 4 is 40.0 Å². The van der Waals surface area contributed by atoms with Gasteiger partial charge in [-0.05, 0) is 29.8 Å². The fourth-order valence-electron chi connectivity index (χ4n) is 3.77. The van der Waals surface area contributed by atoms with Gasteiger partial charge in [0.15, 0.2) is 5.58 Å². The van der Waals surface area contributed by atoms with E-state index in [1.54, 1.807) is 18.5 Å². The van der Waals surface area contributed by atoms with Crippen LogP contribution in [0.3, 0.4) is 0 Å². The normalized spacial score (nSPS) is 14.3. The molecule has 1 aliphatic rings. The Hall–Kier alpha value is -3.36. The van der Waals surface area contributed by atoms with Crippen LogP contribution in [0.1, 0.15) is 0 Å². The van der Waals surface area contributed by atoms with Crippen LogP contribution in [0.5, 0.6) is 0 Å². The second kappa shape index (κ2) is 7.72. The largest absolute Gasteiger partial charge is 0.436 e. The smallest absolute Gasteiger partial charge is 0.215 e. The number of fused-ring (bicyclic) bond motifs is 1. The maximum atomic E-state index is 13.7. The summed E-state index contributed by atoms with van der Waals surface area (Å²) in [6.45, 7) is 2.86. The molecular weight excluding hydrogens is 421 g/mol. The molecule has 0 spiro atoms. The summed E-state index contributed by atoms with van der Waals surface area (Å²) in [6.07, 6.45) is 3.40. The second-order valence-corrected chi connectivity index (χ2v) is 7.64. The Morgan fingerprint density at radius 3 is 2.61 bits per heavy atom. The molecule has 3 aromatic heterocycles. The molecular formula is C22H19ClFN5O2. The van der Waals surface area contributed by atoms with E-state index >= 15 is 0 Å². The zero-order valence-corrected chi connectivity index (χ0v) is 17.2. The number of furan rings is 1. The van der Waals surface area contributed by atoms with Crippen LogP contribution < -0.4 is 16.4 Å². The average Bonchev–Trinajstić information content (AvgIpc) is 3.10. The Kier molecular flexibility index (Phi) is 4.88. The third-order valence-electron chi connectivity index (χ3n) is 5.37. The molecule has 7 nitrogen and oxygen atoms in total. The minimum atomic E-state index is -0.502. The Bertz CT molecular complexity index is 1290. The number of hydrogen-bond acceptors (Lipinski definition) is 7. The molecule has 0 amide bonds. The summed E-state index contributed by atoms with van der Waals surface area (Å²) in [7, 11) is 0. The minimum absolute atomic E-state index is 0.00838. The van der Waals surface area contributed by atoms with Crippen LogP contribution in [0.25, 0.3) is 33.4 Å². The van der Waals surface area contributed by atoms with E-state index in [0.717, 1.165) is 24.5 Å². The number of nitrogens with zero attached hydrogens (tertiary/aromatic N) is 3. The zero-order chi connectivity index (χ0) is 21.5. The van der Waals surface area contributed by atoms with Gasteiger partial charge in [-0.1, -0.05) is 17.7 Å². The SMILES string of the molecule is Nc1oc2c(-c3ccnc(N4CCOCC4)c3)ncc(-c3ccc(F)c(Cl)c3)c2c1N. The van der Waals surface area contributed by atoms with Crippen molar-refractivity contribution in [1.82, 2.24) is 9.97 Å². The van der Waals surface area contributed by atoms with Gasteiger partial charge in [-0.3, -0.25) is 4.98 Å². The predicted molar refractivity (Wildman–Crippen MR) is 120 cm³/mol. The topological polar surface area (TPSA) is 103 Å². The highest BCUT2D eigenvalue weighted by molar-refractivity contribution is 6.31. The number of rotatable bonds is 3. The molecule has 1 aliphatic heterocycles. The van der Waals surface area contributed by atoms with Crippen LogP contribution in [0.15, 0.2) is 47.1 Å². The lowest BCUT2D eigenvalue weighted by Crippen LogP contribution is -2.36. The van der Waals surface area contributed by atoms with E-state index in [4.69, 9.17) is 32.2 Å². The van der Waals surface area contributed by atoms with E-state index in [1.165, 1.54) is 12.1 Å². The average molecular weight is 440 g/mol. The number of ether oxygens (including phenoxy) is 1. The van der Waals surface area contributed by atoms with Crippen molar-refractivity contribution in [2.24, 2.45) is 0 Å². The molecule has 0 unspecified atom stereocenters. The number of halogens is 2. The number of anilines is 3. The molecule has 1 aromatic carbocycles. The summed E-state index contributed by atoms with van der Waals surface area (Å²) < 4.78 is 24.9. The highest BCUT2D eigenvalue weighted by Crippen LogP contribution is 2.42. The molecule has 0 bridgehead atoms. The monoisotopic (exact) mass is 439 g/mol. The fraction of sp³-hybridized carbons (Fsp3) is 0.182. The van der Waals surface area contributed by atoms with Crippen LogP contribution in [0, 0.1) is 5.82 Å². The van der Waals surface area contributed by atoms with E-state index in [9.17, 15) is 4.39 Å². The van der Waals surface area contributed by atoms with Crippen molar-refractivity contribution in [3.8, 4) is 22.4 Å². The van der Waals surface area contributed by atoms with Crippen molar-refractivity contribution < 1.29 is 13.5 Å². The predicted octanol–water partition coefficient (Wildman–Crippen LogP) is 4.35. The van der Waals surface area contributed by atoms with Gasteiger partial charge in [0.25, 0.3) is 0 Å². The number of morpholine rings is 1. The van der Waals surface area contributed by atoms with Crippen molar-refractivity contribution in [2.45, 2.75) is 0 Å². The molecule has 4 N–H and O–H groups in total. The van der Waals surface area contributed by atoms with Gasteiger partial charge < -0.3 is 25.5 Å². The second-order valence-electron chi connectivity index (χ2n) is 7.24. The molecule has 4 aromatic rings. The number of nitrogen functional groups attached to an aromatic ring is 2. The lowest BCUT2D eigenvalue weighted by molar-refractivity contribution is 0.122. The molecule has 0 saturated carbocycles. The summed E-state index contributed by atoms with van der Waals surface area (Å²) in [4.78, 5) is 11.3. The molecule has 31 heavy (non-hydrogen) atoms. The summed E-state index contributed by atoms with van der Waals surface area (Å²) in [5.74, 6) is 0.428. The number of aromatic nitrogens is 2. The molecule has 0 aliphatic carbocycles. The Balaban J connectivity index is 1.66. The first-order valence-electron chi connectivity index (χ1n) is 9.74. The van der Waals surface area contributed by atoms with Gasteiger partial charge in [-0.15, -0.1) is 0 Å². The van der Waals surface area contributed by atoms with Crippen LogP contribution in [-0.4, -0.2) is 36.3 Å². The first-order chi connectivity index (χ1) is 15.0. The number of pyridine rings is 2. The Morgan fingerprint density at radius 1 is 1.03 bits per heavy atom. The summed E-state index contributed by atoms with van der Waals surface area (Å²) in [6, 6.07) is 8.25. The van der Waals surface area contributed by atoms with Gasteiger partial charge in [0, 0.05) is 36.6 Å². The third-order valence-corrected chi connectivity index (χ3v) is 5.66. The molecule has 5 rings (SSSR count). The highest BCUT2D eigenvalue weighted by atomic mass is 35.5. The van der Waals surface area contributed by atoms with Gasteiger partial charge in [0.1, 0.15) is 23.0 Å². The standard InChI is InChI=1S/C22H19ClFN5O2/c23-15-9-12(1-2-16(15)24)14-11-28-20(21-18(14)19(25)22(26)31-21)13-3-4-27-17(10-13)29-5-7-30-8-6-29/h1-4,9-11H,5-8,25-26H2. The lowest BCUT2D eigenvalue weighted by Gasteiger charge is -2.28. The first kappa shape index (κ1) is 19.6. The van der Waals surface area contributed by atoms with Crippen molar-refractivity contribution in [3.63, 3.8) is 0 Å². The van der Waals surface area contributed by atoms with Gasteiger partial charge >= 0.3 is 0 Å². The van der Waals surface area contributed by atoms with Crippen molar-refractivity contribution in [1.29, 1.82) is 0 Å². The molecule has 0 atom stereocenters. The minimum Gasteiger partial charge on any atom is -0.436 e.